The Bertz CT molecular complexity index is 678. The Kier molecular flexibility index (Phi) is 4.25. The van der Waals surface area contributed by atoms with Crippen molar-refractivity contribution < 1.29 is 33.7 Å². The number of nitrogens with zero attached hydrogens (tertiary/aromatic N) is 2. The Hall–Kier alpha value is -3.10. The summed E-state index contributed by atoms with van der Waals surface area (Å²) >= 11 is 0. The fourth-order valence-corrected chi connectivity index (χ4v) is 1.80. The van der Waals surface area contributed by atoms with Crippen molar-refractivity contribution in [3.05, 3.63) is 39.9 Å². The SMILES string of the molecule is O=C(O)[C@H](C(=O)OCc1ccc([N+](=O)[O-])cc1)[N+]1=CCC1=O. The fourth-order valence-electron chi connectivity index (χ4n) is 1.80. The van der Waals surface area contributed by atoms with Crippen molar-refractivity contribution in [1.82, 2.24) is 0 Å². The number of amides is 1. The van der Waals surface area contributed by atoms with Crippen LogP contribution in [-0.4, -0.2) is 44.7 Å². The minimum Gasteiger partial charge on any atom is -0.476 e. The standard InChI is InChI=1S/C13H10N2O7/c16-10-5-6-14(10)11(12(17)18)13(19)22-7-8-1-3-9(4-2-8)15(20)21/h1-4,6,11H,5,7H2/p+1/t11-/m1/s1. The predicted molar refractivity (Wildman–Crippen MR) is 70.3 cm³/mol. The van der Waals surface area contributed by atoms with E-state index in [4.69, 9.17) is 9.84 Å². The van der Waals surface area contributed by atoms with Crippen molar-refractivity contribution >= 4 is 29.7 Å². The van der Waals surface area contributed by atoms with Gasteiger partial charge in [-0.25, -0.2) is 14.4 Å². The summed E-state index contributed by atoms with van der Waals surface area (Å²) in [6, 6.07) is 3.55. The van der Waals surface area contributed by atoms with Gasteiger partial charge in [-0.3, -0.25) is 10.1 Å². The smallest absolute Gasteiger partial charge is 0.397 e. The molecule has 114 valence electrons. The molecule has 9 heteroatoms. The minimum atomic E-state index is -1.71. The van der Waals surface area contributed by atoms with Gasteiger partial charge in [-0.15, -0.1) is 4.58 Å². The molecule has 0 fully saturated rings. The highest BCUT2D eigenvalue weighted by atomic mass is 16.6. The number of carboxylic acid groups (broad SMARTS) is 1. The van der Waals surface area contributed by atoms with E-state index in [0.717, 1.165) is 4.58 Å². The molecule has 0 saturated heterocycles. The van der Waals surface area contributed by atoms with Crippen LogP contribution in [0.4, 0.5) is 5.69 Å². The van der Waals surface area contributed by atoms with Crippen LogP contribution in [0.15, 0.2) is 24.3 Å². The largest absolute Gasteiger partial charge is 0.476 e. The molecule has 2 rings (SSSR count). The molecule has 1 aromatic carbocycles. The lowest BCUT2D eigenvalue weighted by molar-refractivity contribution is -0.479. The first kappa shape index (κ1) is 15.3. The fraction of sp³-hybridized carbons (Fsp3) is 0.231. The van der Waals surface area contributed by atoms with Gasteiger partial charge < -0.3 is 9.84 Å². The lowest BCUT2D eigenvalue weighted by Gasteiger charge is -2.13. The molecule has 1 N–H and O–H groups in total. The number of nitro groups is 1. The van der Waals surface area contributed by atoms with E-state index in [1.165, 1.54) is 30.5 Å². The van der Waals surface area contributed by atoms with Crippen molar-refractivity contribution in [2.45, 2.75) is 19.1 Å². The first-order valence-electron chi connectivity index (χ1n) is 6.17. The molecule has 0 aliphatic carbocycles. The van der Waals surface area contributed by atoms with E-state index >= 15 is 0 Å². The second kappa shape index (κ2) is 6.12. The number of hydrogen-bond donors (Lipinski definition) is 1. The third kappa shape index (κ3) is 3.14. The highest BCUT2D eigenvalue weighted by Gasteiger charge is 2.46. The van der Waals surface area contributed by atoms with Gasteiger partial charge in [-0.1, -0.05) is 0 Å². The number of benzene rings is 1. The van der Waals surface area contributed by atoms with E-state index in [9.17, 15) is 24.5 Å². The quantitative estimate of drug-likeness (QED) is 0.260. The van der Waals surface area contributed by atoms with Gasteiger partial charge in [0.05, 0.1) is 4.92 Å². The molecular formula is C13H11N2O7+. The zero-order valence-corrected chi connectivity index (χ0v) is 11.2. The number of hydrogen-bond acceptors (Lipinski definition) is 6. The molecule has 0 aromatic heterocycles. The molecule has 0 spiro atoms. The maximum atomic E-state index is 11.8. The first-order chi connectivity index (χ1) is 10.4. The van der Waals surface area contributed by atoms with Crippen molar-refractivity contribution in [2.75, 3.05) is 0 Å². The van der Waals surface area contributed by atoms with Crippen LogP contribution < -0.4 is 0 Å². The van der Waals surface area contributed by atoms with Crippen LogP contribution in [0, 0.1) is 10.1 Å². The van der Waals surface area contributed by atoms with Crippen LogP contribution in [0.5, 0.6) is 0 Å². The molecule has 0 radical (unpaired) electrons. The number of carboxylic acids is 1. The summed E-state index contributed by atoms with van der Waals surface area (Å²) in [5, 5.41) is 19.5. The Morgan fingerprint density at radius 2 is 2.00 bits per heavy atom. The molecule has 0 bridgehead atoms. The zero-order valence-electron chi connectivity index (χ0n) is 11.2. The van der Waals surface area contributed by atoms with E-state index in [1.54, 1.807) is 0 Å². The molecule has 1 aliphatic rings. The molecule has 22 heavy (non-hydrogen) atoms. The van der Waals surface area contributed by atoms with Gasteiger partial charge in [0.25, 0.3) is 5.69 Å². The van der Waals surface area contributed by atoms with Crippen LogP contribution in [0.2, 0.25) is 0 Å². The van der Waals surface area contributed by atoms with Gasteiger partial charge >= 0.3 is 23.9 Å². The Labute approximate surface area is 123 Å². The third-order valence-corrected chi connectivity index (χ3v) is 3.01. The molecule has 0 unspecified atom stereocenters. The number of rotatable bonds is 6. The number of non-ortho nitro benzene ring substituents is 1. The Balaban J connectivity index is 2.00. The Morgan fingerprint density at radius 3 is 2.41 bits per heavy atom. The van der Waals surface area contributed by atoms with Gasteiger partial charge in [0.2, 0.25) is 0 Å². The summed E-state index contributed by atoms with van der Waals surface area (Å²) in [4.78, 5) is 44.0. The van der Waals surface area contributed by atoms with Crippen LogP contribution in [0.1, 0.15) is 12.0 Å². The van der Waals surface area contributed by atoms with Gasteiger partial charge in [0.1, 0.15) is 6.61 Å². The second-order valence-electron chi connectivity index (χ2n) is 4.46. The molecule has 1 atom stereocenters. The molecule has 1 aliphatic heterocycles. The molecule has 1 amide bonds. The number of carbonyl (C=O) groups excluding carboxylic acids is 2. The summed E-state index contributed by atoms with van der Waals surface area (Å²) < 4.78 is 5.66. The third-order valence-electron chi connectivity index (χ3n) is 3.01. The number of nitro benzene ring substituents is 1. The first-order valence-corrected chi connectivity index (χ1v) is 6.17. The molecule has 1 aromatic rings. The summed E-state index contributed by atoms with van der Waals surface area (Å²) in [5.41, 5.74) is 0.348. The van der Waals surface area contributed by atoms with Gasteiger partial charge in [-0.2, -0.15) is 0 Å². The van der Waals surface area contributed by atoms with Crippen molar-refractivity contribution in [2.24, 2.45) is 0 Å². The van der Waals surface area contributed by atoms with Gasteiger partial charge in [-0.05, 0) is 17.7 Å². The van der Waals surface area contributed by atoms with Crippen LogP contribution in [0.3, 0.4) is 0 Å². The molecule has 9 nitrogen and oxygen atoms in total. The normalized spacial score (nSPS) is 14.5. The highest BCUT2D eigenvalue weighted by Crippen LogP contribution is 2.13. The number of ether oxygens (including phenoxy) is 1. The summed E-state index contributed by atoms with van der Waals surface area (Å²) in [6.07, 6.45) is 1.38. The van der Waals surface area contributed by atoms with E-state index in [2.05, 4.69) is 0 Å². The number of carbonyl (C=O) groups is 3. The summed E-state index contributed by atoms with van der Waals surface area (Å²) in [7, 11) is 0. The zero-order chi connectivity index (χ0) is 16.3. The highest BCUT2D eigenvalue weighted by molar-refractivity contribution is 6.02. The van der Waals surface area contributed by atoms with Gasteiger partial charge in [0, 0.05) is 12.1 Å². The van der Waals surface area contributed by atoms with Crippen LogP contribution in [-0.2, 0) is 25.7 Å². The maximum absolute atomic E-state index is 11.8. The average molecular weight is 307 g/mol. The Morgan fingerprint density at radius 1 is 1.36 bits per heavy atom. The minimum absolute atomic E-state index is 0.0828. The van der Waals surface area contributed by atoms with E-state index in [1.807, 2.05) is 0 Å². The summed E-state index contributed by atoms with van der Waals surface area (Å²) in [6.45, 7) is -0.247. The van der Waals surface area contributed by atoms with Gasteiger partial charge in [0.15, 0.2) is 12.6 Å². The van der Waals surface area contributed by atoms with Crippen LogP contribution >= 0.6 is 0 Å². The van der Waals surface area contributed by atoms with E-state index in [-0.39, 0.29) is 18.7 Å². The maximum Gasteiger partial charge on any atom is 0.397 e. The lowest BCUT2D eigenvalue weighted by Crippen LogP contribution is -2.49. The van der Waals surface area contributed by atoms with E-state index in [0.29, 0.717) is 5.56 Å². The van der Waals surface area contributed by atoms with E-state index < -0.39 is 28.8 Å². The molecular weight excluding hydrogens is 296 g/mol. The lowest BCUT2D eigenvalue weighted by atomic mass is 10.2. The van der Waals surface area contributed by atoms with Crippen molar-refractivity contribution in [3.8, 4) is 0 Å². The number of esters is 1. The predicted octanol–water partition coefficient (Wildman–Crippen LogP) is 0.105. The van der Waals surface area contributed by atoms with Crippen molar-refractivity contribution in [3.63, 3.8) is 0 Å². The molecule has 0 saturated carbocycles. The second-order valence-corrected chi connectivity index (χ2v) is 4.46. The van der Waals surface area contributed by atoms with Crippen molar-refractivity contribution in [1.29, 1.82) is 0 Å². The average Bonchev–Trinajstić information content (AvgIpc) is 2.48. The molecule has 1 heterocycles. The number of aliphatic carboxylic acids is 1. The monoisotopic (exact) mass is 307 g/mol. The topological polar surface area (TPSA) is 127 Å². The van der Waals surface area contributed by atoms with Crippen LogP contribution in [0.25, 0.3) is 0 Å². The summed E-state index contributed by atoms with van der Waals surface area (Å²) in [5.74, 6) is -3.03.